The van der Waals surface area contributed by atoms with E-state index in [1.807, 2.05) is 0 Å². The van der Waals surface area contributed by atoms with Gasteiger partial charge in [0.25, 0.3) is 0 Å². The van der Waals surface area contributed by atoms with E-state index in [2.05, 4.69) is 10.0 Å². The van der Waals surface area contributed by atoms with Gasteiger partial charge < -0.3 is 11.1 Å². The Morgan fingerprint density at radius 3 is 2.17 bits per heavy atom. The lowest BCUT2D eigenvalue weighted by Gasteiger charge is -2.08. The van der Waals surface area contributed by atoms with Crippen molar-refractivity contribution in [3.63, 3.8) is 0 Å². The van der Waals surface area contributed by atoms with E-state index in [1.165, 1.54) is 0 Å². The van der Waals surface area contributed by atoms with E-state index >= 15 is 0 Å². The fraction of sp³-hybridized carbons (Fsp3) is 0.533. The van der Waals surface area contributed by atoms with Crippen LogP contribution in [0.3, 0.4) is 0 Å². The Morgan fingerprint density at radius 1 is 1.04 bits per heavy atom. The predicted molar refractivity (Wildman–Crippen MR) is 97.5 cm³/mol. The summed E-state index contributed by atoms with van der Waals surface area (Å²) in [6.45, 7) is 2.27. The van der Waals surface area contributed by atoms with E-state index in [1.54, 1.807) is 31.2 Å². The summed E-state index contributed by atoms with van der Waals surface area (Å²) in [5.41, 5.74) is 6.56. The molecule has 0 radical (unpaired) electrons. The highest BCUT2D eigenvalue weighted by Crippen LogP contribution is 2.15. The highest BCUT2D eigenvalue weighted by Gasteiger charge is 2.07. The van der Waals surface area contributed by atoms with Crippen molar-refractivity contribution in [2.24, 2.45) is 5.73 Å². The maximum atomic E-state index is 11.8. The van der Waals surface area contributed by atoms with Crippen molar-refractivity contribution in [1.29, 1.82) is 0 Å². The van der Waals surface area contributed by atoms with Gasteiger partial charge in [-0.25, -0.2) is 8.42 Å². The topological polar surface area (TPSA) is 101 Å². The lowest BCUT2D eigenvalue weighted by Crippen LogP contribution is -2.15. The standard InChI is InChI=1S/C15H25N3O3S.ClH/c1-2-22(20,21)18-14-10-8-13(9-11-14)17-15(19)7-5-3-4-6-12-16;/h8-11,18H,2-7,12,16H2,1H3,(H,17,19);1H. The molecule has 0 unspecified atom stereocenters. The average molecular weight is 364 g/mol. The zero-order chi connectivity index (χ0) is 16.4. The Balaban J connectivity index is 0.00000484. The van der Waals surface area contributed by atoms with Crippen LogP contribution in [0.2, 0.25) is 0 Å². The second kappa shape index (κ2) is 11.3. The first-order valence-corrected chi connectivity index (χ1v) is 9.22. The number of nitrogens with one attached hydrogen (secondary N) is 2. The number of carbonyl (C=O) groups is 1. The van der Waals surface area contributed by atoms with Crippen molar-refractivity contribution in [1.82, 2.24) is 0 Å². The van der Waals surface area contributed by atoms with Crippen molar-refractivity contribution in [2.75, 3.05) is 22.3 Å². The zero-order valence-corrected chi connectivity index (χ0v) is 15.0. The molecule has 0 spiro atoms. The number of benzene rings is 1. The summed E-state index contributed by atoms with van der Waals surface area (Å²) in [5.74, 6) is -0.00929. The van der Waals surface area contributed by atoms with Crippen LogP contribution in [0.4, 0.5) is 11.4 Å². The Hall–Kier alpha value is -1.31. The van der Waals surface area contributed by atoms with E-state index in [0.717, 1.165) is 25.7 Å². The highest BCUT2D eigenvalue weighted by atomic mass is 35.5. The molecule has 0 bridgehead atoms. The smallest absolute Gasteiger partial charge is 0.232 e. The summed E-state index contributed by atoms with van der Waals surface area (Å²) < 4.78 is 25.3. The van der Waals surface area contributed by atoms with E-state index in [-0.39, 0.29) is 24.1 Å². The molecular formula is C15H26ClN3O3S. The van der Waals surface area contributed by atoms with Gasteiger partial charge in [-0.15, -0.1) is 12.4 Å². The third-order valence-electron chi connectivity index (χ3n) is 3.18. The minimum absolute atomic E-state index is 0. The maximum absolute atomic E-state index is 11.8. The van der Waals surface area contributed by atoms with E-state index in [4.69, 9.17) is 5.73 Å². The first-order chi connectivity index (χ1) is 10.5. The normalized spacial score (nSPS) is 10.7. The molecule has 6 nitrogen and oxygen atoms in total. The number of hydrogen-bond donors (Lipinski definition) is 3. The molecule has 0 atom stereocenters. The first-order valence-electron chi connectivity index (χ1n) is 7.57. The molecule has 0 aromatic heterocycles. The molecule has 0 heterocycles. The largest absolute Gasteiger partial charge is 0.330 e. The van der Waals surface area contributed by atoms with Gasteiger partial charge >= 0.3 is 0 Å². The molecule has 4 N–H and O–H groups in total. The van der Waals surface area contributed by atoms with Crippen LogP contribution < -0.4 is 15.8 Å². The Labute approximate surface area is 144 Å². The Kier molecular flexibility index (Phi) is 10.6. The molecule has 1 aromatic carbocycles. The van der Waals surface area contributed by atoms with Crippen LogP contribution in [0.25, 0.3) is 0 Å². The van der Waals surface area contributed by atoms with Crippen molar-refractivity contribution >= 4 is 39.7 Å². The third-order valence-corrected chi connectivity index (χ3v) is 4.49. The molecule has 0 saturated carbocycles. The van der Waals surface area contributed by atoms with E-state index in [9.17, 15) is 13.2 Å². The SMILES string of the molecule is CCS(=O)(=O)Nc1ccc(NC(=O)CCCCCCN)cc1.Cl. The van der Waals surface area contributed by atoms with Gasteiger partial charge in [-0.1, -0.05) is 12.8 Å². The number of halogens is 1. The average Bonchev–Trinajstić information content (AvgIpc) is 2.49. The van der Waals surface area contributed by atoms with Crippen LogP contribution in [0.5, 0.6) is 0 Å². The van der Waals surface area contributed by atoms with Gasteiger partial charge in [0.2, 0.25) is 15.9 Å². The molecule has 0 aliphatic carbocycles. The summed E-state index contributed by atoms with van der Waals surface area (Å²) in [5, 5.41) is 2.80. The van der Waals surface area contributed by atoms with Crippen LogP contribution in [0.15, 0.2) is 24.3 Å². The van der Waals surface area contributed by atoms with Crippen molar-refractivity contribution < 1.29 is 13.2 Å². The Bertz CT molecular complexity index is 562. The predicted octanol–water partition coefficient (Wildman–Crippen LogP) is 2.72. The monoisotopic (exact) mass is 363 g/mol. The second-order valence-electron chi connectivity index (χ2n) is 5.08. The molecule has 0 fully saturated rings. The van der Waals surface area contributed by atoms with Crippen molar-refractivity contribution in [2.45, 2.75) is 39.0 Å². The van der Waals surface area contributed by atoms with Gasteiger partial charge in [0.1, 0.15) is 0 Å². The molecular weight excluding hydrogens is 338 g/mol. The number of amides is 1. The summed E-state index contributed by atoms with van der Waals surface area (Å²) >= 11 is 0. The summed E-state index contributed by atoms with van der Waals surface area (Å²) in [6, 6.07) is 6.62. The van der Waals surface area contributed by atoms with Gasteiger partial charge in [0, 0.05) is 17.8 Å². The van der Waals surface area contributed by atoms with Gasteiger partial charge in [-0.05, 0) is 50.6 Å². The van der Waals surface area contributed by atoms with Crippen LogP contribution >= 0.6 is 12.4 Å². The van der Waals surface area contributed by atoms with E-state index in [0.29, 0.717) is 24.3 Å². The van der Waals surface area contributed by atoms with Crippen LogP contribution in [0, 0.1) is 0 Å². The minimum Gasteiger partial charge on any atom is -0.330 e. The third kappa shape index (κ3) is 9.43. The molecule has 8 heteroatoms. The van der Waals surface area contributed by atoms with Crippen LogP contribution in [0.1, 0.15) is 39.0 Å². The van der Waals surface area contributed by atoms with Gasteiger partial charge in [-0.2, -0.15) is 0 Å². The van der Waals surface area contributed by atoms with Crippen LogP contribution in [-0.4, -0.2) is 26.6 Å². The maximum Gasteiger partial charge on any atom is 0.232 e. The number of unbranched alkanes of at least 4 members (excludes halogenated alkanes) is 3. The molecule has 1 amide bonds. The number of anilines is 2. The fourth-order valence-electron chi connectivity index (χ4n) is 1.88. The molecule has 0 saturated heterocycles. The van der Waals surface area contributed by atoms with Gasteiger partial charge in [-0.3, -0.25) is 9.52 Å². The quantitative estimate of drug-likeness (QED) is 0.556. The molecule has 132 valence electrons. The van der Waals surface area contributed by atoms with Gasteiger partial charge in [0.15, 0.2) is 0 Å². The molecule has 1 rings (SSSR count). The van der Waals surface area contributed by atoms with Crippen molar-refractivity contribution in [3.05, 3.63) is 24.3 Å². The Morgan fingerprint density at radius 2 is 1.61 bits per heavy atom. The number of nitrogens with two attached hydrogens (primary N) is 1. The molecule has 0 aliphatic rings. The first kappa shape index (κ1) is 21.7. The van der Waals surface area contributed by atoms with E-state index < -0.39 is 10.0 Å². The van der Waals surface area contributed by atoms with Crippen molar-refractivity contribution in [3.8, 4) is 0 Å². The molecule has 0 aliphatic heterocycles. The zero-order valence-electron chi connectivity index (χ0n) is 13.4. The van der Waals surface area contributed by atoms with Crippen LogP contribution in [-0.2, 0) is 14.8 Å². The summed E-state index contributed by atoms with van der Waals surface area (Å²) in [7, 11) is -3.27. The number of rotatable bonds is 10. The second-order valence-corrected chi connectivity index (χ2v) is 7.09. The lowest BCUT2D eigenvalue weighted by molar-refractivity contribution is -0.116. The number of carbonyl (C=O) groups excluding carboxylic acids is 1. The summed E-state index contributed by atoms with van der Waals surface area (Å²) in [4.78, 5) is 11.8. The molecule has 1 aromatic rings. The molecule has 23 heavy (non-hydrogen) atoms. The number of sulfonamides is 1. The highest BCUT2D eigenvalue weighted by molar-refractivity contribution is 7.92. The van der Waals surface area contributed by atoms with Gasteiger partial charge in [0.05, 0.1) is 5.75 Å². The lowest BCUT2D eigenvalue weighted by atomic mass is 10.1. The summed E-state index contributed by atoms with van der Waals surface area (Å²) in [6.07, 6.45) is 4.38. The number of hydrogen-bond acceptors (Lipinski definition) is 4. The fourth-order valence-corrected chi connectivity index (χ4v) is 2.52. The minimum atomic E-state index is -3.27.